The lowest BCUT2D eigenvalue weighted by molar-refractivity contribution is -0.173. The van der Waals surface area contributed by atoms with Gasteiger partial charge in [0.2, 0.25) is 10.0 Å². The first kappa shape index (κ1) is 20.0. The van der Waals surface area contributed by atoms with Gasteiger partial charge in [-0.25, -0.2) is 8.42 Å². The predicted molar refractivity (Wildman–Crippen MR) is 86.9 cm³/mol. The van der Waals surface area contributed by atoms with Crippen molar-refractivity contribution < 1.29 is 31.1 Å². The third-order valence-electron chi connectivity index (χ3n) is 4.26. The van der Waals surface area contributed by atoms with Crippen molar-refractivity contribution in [2.75, 3.05) is 26.9 Å². The van der Waals surface area contributed by atoms with Crippen molar-refractivity contribution in [3.63, 3.8) is 0 Å². The molecule has 1 fully saturated rings. The number of nitrogens with zero attached hydrogens (tertiary/aromatic N) is 1. The van der Waals surface area contributed by atoms with E-state index in [4.69, 9.17) is 9.47 Å². The Morgan fingerprint density at radius 2 is 1.80 bits per heavy atom. The molecule has 9 heteroatoms. The molecule has 0 bridgehead atoms. The van der Waals surface area contributed by atoms with Crippen LogP contribution in [0.3, 0.4) is 0 Å². The molecule has 0 aliphatic carbocycles. The molecular weight excluding hydrogens is 359 g/mol. The molecule has 1 atom stereocenters. The third kappa shape index (κ3) is 4.45. The number of hydrogen-bond donors (Lipinski definition) is 0. The lowest BCUT2D eigenvalue weighted by atomic mass is 10.1. The minimum absolute atomic E-state index is 0.134. The molecule has 2 rings (SSSR count). The van der Waals surface area contributed by atoms with Crippen molar-refractivity contribution >= 4 is 10.0 Å². The fourth-order valence-electron chi connectivity index (χ4n) is 2.98. The Bertz CT molecular complexity index is 655. The topological polar surface area (TPSA) is 55.8 Å². The van der Waals surface area contributed by atoms with Crippen LogP contribution in [0.15, 0.2) is 24.3 Å². The van der Waals surface area contributed by atoms with Gasteiger partial charge in [-0.1, -0.05) is 19.1 Å². The highest BCUT2D eigenvalue weighted by molar-refractivity contribution is 7.89. The fourth-order valence-corrected chi connectivity index (χ4v) is 5.05. The van der Waals surface area contributed by atoms with Gasteiger partial charge in [-0.15, -0.1) is 0 Å². The lowest BCUT2D eigenvalue weighted by Gasteiger charge is -2.35. The van der Waals surface area contributed by atoms with Crippen LogP contribution < -0.4 is 4.74 Å². The van der Waals surface area contributed by atoms with E-state index in [0.717, 1.165) is 0 Å². The molecule has 0 spiro atoms. The Kier molecular flexibility index (Phi) is 6.34. The van der Waals surface area contributed by atoms with Gasteiger partial charge in [-0.05, 0) is 30.5 Å². The van der Waals surface area contributed by atoms with Crippen molar-refractivity contribution in [3.05, 3.63) is 29.8 Å². The zero-order chi connectivity index (χ0) is 18.7. The number of benzene rings is 1. The monoisotopic (exact) mass is 381 g/mol. The zero-order valence-corrected chi connectivity index (χ0v) is 14.9. The van der Waals surface area contributed by atoms with E-state index < -0.39 is 27.5 Å². The molecular formula is C16H22F3NO4S. The SMILES string of the molecule is CCN([C@@H](c1ccc(OC)cc1)C(F)(F)F)S(=O)(=O)C1CCOCC1. The summed E-state index contributed by atoms with van der Waals surface area (Å²) in [5, 5.41) is -0.857. The summed E-state index contributed by atoms with van der Waals surface area (Å²) in [7, 11) is -2.71. The quantitative estimate of drug-likeness (QED) is 0.760. The molecule has 1 aromatic rings. The summed E-state index contributed by atoms with van der Waals surface area (Å²) < 4.78 is 77.6. The molecule has 5 nitrogen and oxygen atoms in total. The van der Waals surface area contributed by atoms with Crippen molar-refractivity contribution in [1.82, 2.24) is 4.31 Å². The highest BCUT2D eigenvalue weighted by atomic mass is 32.2. The first-order chi connectivity index (χ1) is 11.7. The summed E-state index contributed by atoms with van der Waals surface area (Å²) in [5.41, 5.74) is -0.134. The van der Waals surface area contributed by atoms with Gasteiger partial charge < -0.3 is 9.47 Å². The Hall–Kier alpha value is -1.32. The van der Waals surface area contributed by atoms with Crippen LogP contribution in [0, 0.1) is 0 Å². The fraction of sp³-hybridized carbons (Fsp3) is 0.625. The minimum Gasteiger partial charge on any atom is -0.497 e. The highest BCUT2D eigenvalue weighted by Gasteiger charge is 2.50. The number of sulfonamides is 1. The van der Waals surface area contributed by atoms with Crippen molar-refractivity contribution in [2.24, 2.45) is 0 Å². The number of hydrogen-bond acceptors (Lipinski definition) is 4. The van der Waals surface area contributed by atoms with E-state index in [0.29, 0.717) is 10.1 Å². The average molecular weight is 381 g/mol. The van der Waals surface area contributed by atoms with Gasteiger partial charge in [0.25, 0.3) is 0 Å². The van der Waals surface area contributed by atoms with Crippen LogP contribution in [0.25, 0.3) is 0 Å². The predicted octanol–water partition coefficient (Wildman–Crippen LogP) is 3.13. The number of ether oxygens (including phenoxy) is 2. The second-order valence-corrected chi connectivity index (χ2v) is 7.94. The van der Waals surface area contributed by atoms with Crippen LogP contribution >= 0.6 is 0 Å². The lowest BCUT2D eigenvalue weighted by Crippen LogP contribution is -2.47. The maximum atomic E-state index is 13.8. The van der Waals surface area contributed by atoms with Gasteiger partial charge in [0.1, 0.15) is 11.8 Å². The number of methoxy groups -OCH3 is 1. The van der Waals surface area contributed by atoms with E-state index in [1.807, 2.05) is 0 Å². The molecule has 0 N–H and O–H groups in total. The number of rotatable bonds is 6. The van der Waals surface area contributed by atoms with E-state index in [2.05, 4.69) is 0 Å². The van der Waals surface area contributed by atoms with Crippen molar-refractivity contribution in [1.29, 1.82) is 0 Å². The largest absolute Gasteiger partial charge is 0.497 e. The molecule has 1 heterocycles. The Morgan fingerprint density at radius 3 is 2.24 bits per heavy atom. The summed E-state index contributed by atoms with van der Waals surface area (Å²) >= 11 is 0. The molecule has 0 amide bonds. The molecule has 1 aliphatic rings. The van der Waals surface area contributed by atoms with Gasteiger partial charge in [0.15, 0.2) is 0 Å². The van der Waals surface area contributed by atoms with E-state index in [1.165, 1.54) is 38.3 Å². The molecule has 142 valence electrons. The first-order valence-corrected chi connectivity index (χ1v) is 9.51. The molecule has 1 saturated heterocycles. The summed E-state index contributed by atoms with van der Waals surface area (Å²) in [6.45, 7) is 1.62. The molecule has 0 radical (unpaired) electrons. The summed E-state index contributed by atoms with van der Waals surface area (Å²) in [6.07, 6.45) is -4.33. The van der Waals surface area contributed by atoms with Gasteiger partial charge >= 0.3 is 6.18 Å². The average Bonchev–Trinajstić information content (AvgIpc) is 2.59. The van der Waals surface area contributed by atoms with Crippen LogP contribution in [0.5, 0.6) is 5.75 Å². The molecule has 0 aromatic heterocycles. The molecule has 1 aromatic carbocycles. The van der Waals surface area contributed by atoms with Gasteiger partial charge in [-0.2, -0.15) is 17.5 Å². The first-order valence-electron chi connectivity index (χ1n) is 8.01. The second-order valence-electron chi connectivity index (χ2n) is 5.78. The maximum Gasteiger partial charge on any atom is 0.409 e. The van der Waals surface area contributed by atoms with Crippen LogP contribution in [0.1, 0.15) is 31.4 Å². The Balaban J connectivity index is 2.42. The minimum atomic E-state index is -4.73. The van der Waals surface area contributed by atoms with Gasteiger partial charge in [-0.3, -0.25) is 0 Å². The Labute approximate surface area is 145 Å². The normalized spacial score (nSPS) is 18.3. The Morgan fingerprint density at radius 1 is 1.24 bits per heavy atom. The van der Waals surface area contributed by atoms with E-state index in [1.54, 1.807) is 0 Å². The standard InChI is InChI=1S/C16H22F3NO4S/c1-3-20(25(21,22)14-8-10-24-11-9-14)15(16(17,18)19)12-4-6-13(23-2)7-5-12/h4-7,14-15H,3,8-11H2,1-2H3/t15-/m0/s1. The van der Waals surface area contributed by atoms with Crippen molar-refractivity contribution in [3.8, 4) is 5.75 Å². The third-order valence-corrected chi connectivity index (χ3v) is 6.69. The highest BCUT2D eigenvalue weighted by Crippen LogP contribution is 2.41. The van der Waals surface area contributed by atoms with Gasteiger partial charge in [0.05, 0.1) is 12.4 Å². The second kappa shape index (κ2) is 7.92. The summed E-state index contributed by atoms with van der Waals surface area (Å²) in [6, 6.07) is 3.06. The molecule has 0 unspecified atom stereocenters. The van der Waals surface area contributed by atoms with E-state index in [9.17, 15) is 21.6 Å². The van der Waals surface area contributed by atoms with E-state index in [-0.39, 0.29) is 38.2 Å². The molecule has 1 aliphatic heterocycles. The van der Waals surface area contributed by atoms with E-state index >= 15 is 0 Å². The van der Waals surface area contributed by atoms with Crippen LogP contribution in [0.2, 0.25) is 0 Å². The zero-order valence-electron chi connectivity index (χ0n) is 14.1. The maximum absolute atomic E-state index is 13.8. The van der Waals surface area contributed by atoms with Gasteiger partial charge in [0, 0.05) is 19.8 Å². The summed E-state index contributed by atoms with van der Waals surface area (Å²) in [5.74, 6) is 0.403. The molecule has 0 saturated carbocycles. The molecule has 25 heavy (non-hydrogen) atoms. The van der Waals surface area contributed by atoms with Crippen LogP contribution in [-0.2, 0) is 14.8 Å². The van der Waals surface area contributed by atoms with Crippen LogP contribution in [0.4, 0.5) is 13.2 Å². The van der Waals surface area contributed by atoms with Crippen molar-refractivity contribution in [2.45, 2.75) is 37.2 Å². The number of alkyl halides is 3. The smallest absolute Gasteiger partial charge is 0.409 e. The number of halogens is 3. The summed E-state index contributed by atoms with van der Waals surface area (Å²) in [4.78, 5) is 0. The van der Waals surface area contributed by atoms with Crippen LogP contribution in [-0.4, -0.2) is 51.0 Å².